The Bertz CT molecular complexity index is 1570. The van der Waals surface area contributed by atoms with Gasteiger partial charge >= 0.3 is 0 Å². The third kappa shape index (κ3) is 2.77. The first kappa shape index (κ1) is 19.5. The third-order valence-electron chi connectivity index (χ3n) is 5.88. The van der Waals surface area contributed by atoms with E-state index in [1.54, 1.807) is 23.9 Å². The molecule has 0 spiro atoms. The molecule has 0 unspecified atom stereocenters. The van der Waals surface area contributed by atoms with Gasteiger partial charge in [0.1, 0.15) is 0 Å². The summed E-state index contributed by atoms with van der Waals surface area (Å²) in [6, 6.07) is 12.6. The van der Waals surface area contributed by atoms with Crippen LogP contribution in [0.5, 0.6) is 0 Å². The van der Waals surface area contributed by atoms with Gasteiger partial charge in [-0.1, -0.05) is 18.2 Å². The van der Waals surface area contributed by atoms with Crippen molar-refractivity contribution in [3.63, 3.8) is 0 Å². The van der Waals surface area contributed by atoms with Crippen LogP contribution in [0.25, 0.3) is 44.1 Å². The standard InChI is InChI=1S/C24H18N4O4/c1-26-11-18(15-5-3-4-6-20(15)26)17-10-25-24(22(30)13-29)23(17)19-12-27(2)21-9-14(28(31)32)7-8-16(19)21/h3-13,25H,1-2H3. The van der Waals surface area contributed by atoms with Crippen LogP contribution in [0.3, 0.4) is 0 Å². The average Bonchev–Trinajstić information content (AvgIpc) is 3.47. The molecule has 32 heavy (non-hydrogen) atoms. The lowest BCUT2D eigenvalue weighted by Crippen LogP contribution is -2.02. The number of hydrogen-bond acceptors (Lipinski definition) is 4. The number of rotatable bonds is 5. The minimum atomic E-state index is -0.662. The van der Waals surface area contributed by atoms with Crippen molar-refractivity contribution >= 4 is 39.6 Å². The zero-order valence-electron chi connectivity index (χ0n) is 17.3. The number of fused-ring (bicyclic) bond motifs is 2. The number of nitrogens with zero attached hydrogens (tertiary/aromatic N) is 3. The molecule has 5 rings (SSSR count). The van der Waals surface area contributed by atoms with Crippen LogP contribution < -0.4 is 0 Å². The molecule has 0 amide bonds. The highest BCUT2D eigenvalue weighted by Crippen LogP contribution is 2.42. The Morgan fingerprint density at radius 1 is 0.969 bits per heavy atom. The third-order valence-corrected chi connectivity index (χ3v) is 5.88. The van der Waals surface area contributed by atoms with Crippen LogP contribution in [0.1, 0.15) is 10.5 Å². The van der Waals surface area contributed by atoms with Crippen LogP contribution in [0, 0.1) is 10.1 Å². The first-order valence-corrected chi connectivity index (χ1v) is 9.90. The largest absolute Gasteiger partial charge is 0.357 e. The average molecular weight is 426 g/mol. The minimum Gasteiger partial charge on any atom is -0.357 e. The summed E-state index contributed by atoms with van der Waals surface area (Å²) < 4.78 is 3.79. The van der Waals surface area contributed by atoms with Crippen LogP contribution in [-0.2, 0) is 18.9 Å². The van der Waals surface area contributed by atoms with Gasteiger partial charge in [-0.25, -0.2) is 0 Å². The van der Waals surface area contributed by atoms with Crippen LogP contribution >= 0.6 is 0 Å². The van der Waals surface area contributed by atoms with Crippen LogP contribution in [0.2, 0.25) is 0 Å². The van der Waals surface area contributed by atoms with E-state index in [2.05, 4.69) is 4.98 Å². The van der Waals surface area contributed by atoms with Crippen molar-refractivity contribution < 1.29 is 14.5 Å². The van der Waals surface area contributed by atoms with Gasteiger partial charge in [0.15, 0.2) is 6.29 Å². The summed E-state index contributed by atoms with van der Waals surface area (Å²) in [5, 5.41) is 13.0. The Morgan fingerprint density at radius 3 is 2.41 bits per heavy atom. The molecule has 3 heterocycles. The predicted octanol–water partition coefficient (Wildman–Crippen LogP) is 4.62. The van der Waals surface area contributed by atoms with Gasteiger partial charge < -0.3 is 14.1 Å². The lowest BCUT2D eigenvalue weighted by atomic mass is 9.95. The topological polar surface area (TPSA) is 103 Å². The number of aromatic nitrogens is 3. The molecule has 0 radical (unpaired) electrons. The molecule has 8 heteroatoms. The smallest absolute Gasteiger partial charge is 0.271 e. The Balaban J connectivity index is 1.85. The number of para-hydroxylation sites is 1. The molecule has 8 nitrogen and oxygen atoms in total. The number of nitrogens with one attached hydrogen (secondary N) is 1. The molecule has 0 aliphatic rings. The molecule has 0 atom stereocenters. The number of nitro benzene ring substituents is 1. The molecule has 158 valence electrons. The van der Waals surface area contributed by atoms with Crippen molar-refractivity contribution in [3.05, 3.63) is 76.9 Å². The maximum Gasteiger partial charge on any atom is 0.271 e. The van der Waals surface area contributed by atoms with Gasteiger partial charge in [-0.05, 0) is 12.1 Å². The zero-order valence-corrected chi connectivity index (χ0v) is 17.3. The molecule has 2 aromatic carbocycles. The fraction of sp³-hybridized carbons (Fsp3) is 0.0833. The van der Waals surface area contributed by atoms with E-state index in [4.69, 9.17) is 0 Å². The normalized spacial score (nSPS) is 11.3. The van der Waals surface area contributed by atoms with Crippen LogP contribution in [0.4, 0.5) is 5.69 Å². The summed E-state index contributed by atoms with van der Waals surface area (Å²) in [7, 11) is 3.74. The molecule has 0 aliphatic carbocycles. The van der Waals surface area contributed by atoms with Gasteiger partial charge in [-0.15, -0.1) is 0 Å². The highest BCUT2D eigenvalue weighted by Gasteiger charge is 2.25. The first-order chi connectivity index (χ1) is 15.4. The fourth-order valence-electron chi connectivity index (χ4n) is 4.41. The van der Waals surface area contributed by atoms with Crippen molar-refractivity contribution in [3.8, 4) is 22.3 Å². The second-order valence-corrected chi connectivity index (χ2v) is 7.72. The number of benzene rings is 2. The molecule has 0 saturated heterocycles. The summed E-state index contributed by atoms with van der Waals surface area (Å²) in [5.41, 5.74) is 4.86. The van der Waals surface area contributed by atoms with Gasteiger partial charge in [0.2, 0.25) is 5.78 Å². The molecular weight excluding hydrogens is 408 g/mol. The maximum absolute atomic E-state index is 12.5. The van der Waals surface area contributed by atoms with E-state index in [9.17, 15) is 19.7 Å². The Kier molecular flexibility index (Phi) is 4.30. The fourth-order valence-corrected chi connectivity index (χ4v) is 4.41. The van der Waals surface area contributed by atoms with E-state index in [1.165, 1.54) is 12.1 Å². The number of aldehydes is 1. The van der Waals surface area contributed by atoms with Crippen molar-refractivity contribution in [1.82, 2.24) is 14.1 Å². The molecular formula is C24H18N4O4. The molecule has 1 N–H and O–H groups in total. The molecule has 0 fully saturated rings. The number of ketones is 1. The summed E-state index contributed by atoms with van der Waals surface area (Å²) in [6.45, 7) is 0. The Hall–Kier alpha value is -4.46. The maximum atomic E-state index is 12.5. The quantitative estimate of drug-likeness (QED) is 0.146. The highest BCUT2D eigenvalue weighted by molar-refractivity contribution is 6.35. The van der Waals surface area contributed by atoms with Gasteiger partial charge in [0.25, 0.3) is 5.69 Å². The van der Waals surface area contributed by atoms with Gasteiger partial charge in [-0.2, -0.15) is 0 Å². The SMILES string of the molecule is Cn1cc(-c2c[nH]c(C(=O)C=O)c2-c2cn(C)c3cc([N+](=O)[O-])ccc23)c2ccccc21. The van der Waals surface area contributed by atoms with Crippen LogP contribution in [-0.4, -0.2) is 31.1 Å². The second kappa shape index (κ2) is 7.05. The minimum absolute atomic E-state index is 0.0159. The number of Topliss-reactive ketones (excluding diaryl/α,β-unsaturated/α-hetero) is 1. The van der Waals surface area contributed by atoms with E-state index in [0.717, 1.165) is 27.4 Å². The van der Waals surface area contributed by atoms with Crippen molar-refractivity contribution in [2.75, 3.05) is 0 Å². The number of aromatic amines is 1. The lowest BCUT2D eigenvalue weighted by molar-refractivity contribution is -0.384. The summed E-state index contributed by atoms with van der Waals surface area (Å²) in [5.74, 6) is -0.662. The van der Waals surface area contributed by atoms with E-state index in [1.807, 2.05) is 48.3 Å². The van der Waals surface area contributed by atoms with E-state index in [0.29, 0.717) is 16.6 Å². The summed E-state index contributed by atoms with van der Waals surface area (Å²) in [6.07, 6.45) is 5.84. The monoisotopic (exact) mass is 426 g/mol. The van der Waals surface area contributed by atoms with Gasteiger partial charge in [-0.3, -0.25) is 19.7 Å². The number of non-ortho nitro benzene ring substituents is 1. The molecule has 0 bridgehead atoms. The molecule has 0 aliphatic heterocycles. The van der Waals surface area contributed by atoms with Crippen molar-refractivity contribution in [2.24, 2.45) is 14.1 Å². The molecule has 0 saturated carbocycles. The second-order valence-electron chi connectivity index (χ2n) is 7.72. The highest BCUT2D eigenvalue weighted by atomic mass is 16.6. The van der Waals surface area contributed by atoms with Gasteiger partial charge in [0.05, 0.1) is 16.1 Å². The van der Waals surface area contributed by atoms with Crippen molar-refractivity contribution in [1.29, 1.82) is 0 Å². The number of aryl methyl sites for hydroxylation is 2. The molecule has 5 aromatic rings. The Morgan fingerprint density at radius 2 is 1.66 bits per heavy atom. The lowest BCUT2D eigenvalue weighted by Gasteiger charge is -2.05. The number of carbonyl (C=O) groups is 2. The van der Waals surface area contributed by atoms with E-state index in [-0.39, 0.29) is 17.7 Å². The van der Waals surface area contributed by atoms with Crippen LogP contribution in [0.15, 0.2) is 61.1 Å². The number of nitro groups is 1. The van der Waals surface area contributed by atoms with E-state index < -0.39 is 10.7 Å². The Labute approximate surface area is 181 Å². The van der Waals surface area contributed by atoms with E-state index >= 15 is 0 Å². The number of hydrogen-bond donors (Lipinski definition) is 1. The van der Waals surface area contributed by atoms with Gasteiger partial charge in [0, 0.05) is 83.4 Å². The number of H-pyrrole nitrogens is 1. The van der Waals surface area contributed by atoms with Crippen molar-refractivity contribution in [2.45, 2.75) is 0 Å². The molecule has 3 aromatic heterocycles. The number of carbonyl (C=O) groups excluding carboxylic acids is 2. The summed E-state index contributed by atoms with van der Waals surface area (Å²) >= 11 is 0. The summed E-state index contributed by atoms with van der Waals surface area (Å²) in [4.78, 5) is 37.7. The zero-order chi connectivity index (χ0) is 22.6. The first-order valence-electron chi connectivity index (χ1n) is 9.90. The predicted molar refractivity (Wildman–Crippen MR) is 122 cm³/mol.